The van der Waals surface area contributed by atoms with Gasteiger partial charge in [-0.3, -0.25) is 0 Å². The van der Waals surface area contributed by atoms with Crippen LogP contribution in [0, 0.1) is 5.82 Å². The van der Waals surface area contributed by atoms with Crippen molar-refractivity contribution in [3.63, 3.8) is 0 Å². The van der Waals surface area contributed by atoms with Crippen LogP contribution in [-0.4, -0.2) is 13.2 Å². The summed E-state index contributed by atoms with van der Waals surface area (Å²) in [5, 5.41) is 3.69. The second kappa shape index (κ2) is 8.70. The fourth-order valence-corrected chi connectivity index (χ4v) is 2.86. The number of hydrogen-bond donors (Lipinski definition) is 1. The highest BCUT2D eigenvalue weighted by atomic mass is 79.9. The van der Waals surface area contributed by atoms with Gasteiger partial charge in [-0.15, -0.1) is 0 Å². The van der Waals surface area contributed by atoms with Gasteiger partial charge in [-0.1, -0.05) is 47.4 Å². The van der Waals surface area contributed by atoms with Crippen molar-refractivity contribution in [3.8, 4) is 11.5 Å². The van der Waals surface area contributed by atoms with Gasteiger partial charge in [0.1, 0.15) is 12.4 Å². The van der Waals surface area contributed by atoms with E-state index in [1.165, 1.54) is 6.07 Å². The van der Waals surface area contributed by atoms with Gasteiger partial charge in [0, 0.05) is 28.2 Å². The molecule has 0 fully saturated rings. The lowest BCUT2D eigenvalue weighted by molar-refractivity contribution is 0.275. The molecule has 1 N–H and O–H groups in total. The summed E-state index contributed by atoms with van der Waals surface area (Å²) < 4.78 is 26.1. The lowest BCUT2D eigenvalue weighted by atomic mass is 10.1. The van der Waals surface area contributed by atoms with Crippen LogP contribution in [-0.2, 0) is 13.2 Å². The molecule has 24 heavy (non-hydrogen) atoms. The highest BCUT2D eigenvalue weighted by molar-refractivity contribution is 9.10. The van der Waals surface area contributed by atoms with Crippen molar-refractivity contribution in [2.75, 3.05) is 7.11 Å². The van der Waals surface area contributed by atoms with Gasteiger partial charge in [-0.2, -0.15) is 0 Å². The Balaban J connectivity index is 2.31. The summed E-state index contributed by atoms with van der Waals surface area (Å²) >= 11 is 9.61. The molecule has 2 aromatic rings. The van der Waals surface area contributed by atoms with Crippen LogP contribution < -0.4 is 14.8 Å². The molecule has 0 unspecified atom stereocenters. The molecule has 0 heterocycles. The van der Waals surface area contributed by atoms with E-state index in [1.807, 2.05) is 6.07 Å². The number of rotatable bonds is 7. The summed E-state index contributed by atoms with van der Waals surface area (Å²) in [6.45, 7) is 4.74. The molecule has 0 aliphatic carbocycles. The molecule has 0 bridgehead atoms. The molecule has 0 spiro atoms. The van der Waals surface area contributed by atoms with Gasteiger partial charge in [-0.25, -0.2) is 4.39 Å². The second-order valence-corrected chi connectivity index (χ2v) is 6.84. The van der Waals surface area contributed by atoms with Crippen LogP contribution in [0.2, 0.25) is 5.02 Å². The molecule has 130 valence electrons. The molecule has 0 atom stereocenters. The van der Waals surface area contributed by atoms with Crippen LogP contribution in [0.3, 0.4) is 0 Å². The van der Waals surface area contributed by atoms with Crippen molar-refractivity contribution < 1.29 is 13.9 Å². The van der Waals surface area contributed by atoms with Crippen LogP contribution in [0.4, 0.5) is 4.39 Å². The van der Waals surface area contributed by atoms with E-state index >= 15 is 0 Å². The minimum atomic E-state index is -0.390. The molecule has 0 amide bonds. The first-order valence-corrected chi connectivity index (χ1v) is 8.75. The summed E-state index contributed by atoms with van der Waals surface area (Å²) in [6, 6.07) is 8.60. The van der Waals surface area contributed by atoms with E-state index in [4.69, 9.17) is 21.1 Å². The van der Waals surface area contributed by atoms with Crippen molar-refractivity contribution in [2.45, 2.75) is 33.0 Å². The molecule has 0 saturated carbocycles. The maximum Gasteiger partial charge on any atom is 0.167 e. The van der Waals surface area contributed by atoms with Gasteiger partial charge >= 0.3 is 0 Å². The average Bonchev–Trinajstić information content (AvgIpc) is 2.53. The molecule has 0 aliphatic heterocycles. The third-order valence-corrected chi connectivity index (χ3v) is 4.59. The van der Waals surface area contributed by atoms with Crippen LogP contribution >= 0.6 is 27.5 Å². The molecule has 3 nitrogen and oxygen atoms in total. The first-order chi connectivity index (χ1) is 11.4. The monoisotopic (exact) mass is 415 g/mol. The summed E-state index contributed by atoms with van der Waals surface area (Å²) in [6.07, 6.45) is 0. The van der Waals surface area contributed by atoms with Gasteiger partial charge < -0.3 is 14.8 Å². The lowest BCUT2D eigenvalue weighted by Crippen LogP contribution is -2.22. The smallest absolute Gasteiger partial charge is 0.167 e. The Kier molecular flexibility index (Phi) is 6.90. The molecular weight excluding hydrogens is 397 g/mol. The SMILES string of the molecule is COc1ccc(Br)c(CNC(C)C)c1OCc1c(F)cccc1Cl. The zero-order valence-corrected chi connectivity index (χ0v) is 16.2. The molecule has 6 heteroatoms. The standard InChI is InChI=1S/C18H20BrClFNO2/c1-11(2)22-9-12-14(19)7-8-17(23-3)18(12)24-10-13-15(20)5-4-6-16(13)21/h4-8,11,22H,9-10H2,1-3H3. The molecule has 0 aliphatic rings. The molecular formula is C18H20BrClFNO2. The Bertz CT molecular complexity index is 689. The van der Waals surface area contributed by atoms with Crippen molar-refractivity contribution in [1.29, 1.82) is 0 Å². The molecule has 2 aromatic carbocycles. The van der Waals surface area contributed by atoms with E-state index < -0.39 is 5.82 Å². The zero-order valence-electron chi connectivity index (χ0n) is 13.8. The summed E-state index contributed by atoms with van der Waals surface area (Å²) in [4.78, 5) is 0. The van der Waals surface area contributed by atoms with E-state index in [1.54, 1.807) is 25.3 Å². The summed E-state index contributed by atoms with van der Waals surface area (Å²) in [5.74, 6) is 0.767. The molecule has 2 rings (SSSR count). The van der Waals surface area contributed by atoms with E-state index in [-0.39, 0.29) is 6.61 Å². The number of nitrogens with one attached hydrogen (secondary N) is 1. The summed E-state index contributed by atoms with van der Waals surface area (Å²) in [5.41, 5.74) is 1.24. The predicted molar refractivity (Wildman–Crippen MR) is 98.4 cm³/mol. The van der Waals surface area contributed by atoms with Gasteiger partial charge in [0.05, 0.1) is 12.1 Å². The first-order valence-electron chi connectivity index (χ1n) is 7.58. The van der Waals surface area contributed by atoms with E-state index in [2.05, 4.69) is 35.1 Å². The average molecular weight is 417 g/mol. The van der Waals surface area contributed by atoms with Crippen molar-refractivity contribution in [3.05, 3.63) is 56.8 Å². The van der Waals surface area contributed by atoms with Crippen LogP contribution in [0.25, 0.3) is 0 Å². The molecule has 0 radical (unpaired) electrons. The van der Waals surface area contributed by atoms with Gasteiger partial charge in [0.15, 0.2) is 11.5 Å². The van der Waals surface area contributed by atoms with E-state index in [9.17, 15) is 4.39 Å². The van der Waals surface area contributed by atoms with Crippen LogP contribution in [0.1, 0.15) is 25.0 Å². The topological polar surface area (TPSA) is 30.5 Å². The van der Waals surface area contributed by atoms with Crippen molar-refractivity contribution in [1.82, 2.24) is 5.32 Å². The number of halogens is 3. The quantitative estimate of drug-likeness (QED) is 0.662. The van der Waals surface area contributed by atoms with E-state index in [0.29, 0.717) is 34.7 Å². The number of methoxy groups -OCH3 is 1. The minimum Gasteiger partial charge on any atom is -0.493 e. The van der Waals surface area contributed by atoms with Crippen LogP contribution in [0.5, 0.6) is 11.5 Å². The molecule has 0 saturated heterocycles. The normalized spacial score (nSPS) is 11.0. The lowest BCUT2D eigenvalue weighted by Gasteiger charge is -2.18. The van der Waals surface area contributed by atoms with E-state index in [0.717, 1.165) is 10.0 Å². The number of benzene rings is 2. The zero-order chi connectivity index (χ0) is 17.7. The highest BCUT2D eigenvalue weighted by Gasteiger charge is 2.16. The third kappa shape index (κ3) is 4.62. The third-order valence-electron chi connectivity index (χ3n) is 3.50. The Labute approximate surface area is 155 Å². The fourth-order valence-electron chi connectivity index (χ4n) is 2.19. The Hall–Kier alpha value is -1.30. The maximum absolute atomic E-state index is 14.0. The fraction of sp³-hybridized carbons (Fsp3) is 0.333. The maximum atomic E-state index is 14.0. The Morgan fingerprint density at radius 2 is 1.96 bits per heavy atom. The second-order valence-electron chi connectivity index (χ2n) is 5.58. The largest absolute Gasteiger partial charge is 0.493 e. The first kappa shape index (κ1) is 19.0. The van der Waals surface area contributed by atoms with Crippen molar-refractivity contribution >= 4 is 27.5 Å². The Morgan fingerprint density at radius 1 is 1.21 bits per heavy atom. The summed E-state index contributed by atoms with van der Waals surface area (Å²) in [7, 11) is 1.58. The van der Waals surface area contributed by atoms with Crippen LogP contribution in [0.15, 0.2) is 34.8 Å². The van der Waals surface area contributed by atoms with Gasteiger partial charge in [0.2, 0.25) is 0 Å². The predicted octanol–water partition coefficient (Wildman–Crippen LogP) is 5.33. The number of hydrogen-bond acceptors (Lipinski definition) is 3. The Morgan fingerprint density at radius 3 is 2.58 bits per heavy atom. The van der Waals surface area contributed by atoms with Crippen molar-refractivity contribution in [2.24, 2.45) is 0 Å². The molecule has 0 aromatic heterocycles. The minimum absolute atomic E-state index is 0.0208. The van der Waals surface area contributed by atoms with Gasteiger partial charge in [0.25, 0.3) is 0 Å². The highest BCUT2D eigenvalue weighted by Crippen LogP contribution is 2.37. The number of ether oxygens (including phenoxy) is 2. The van der Waals surface area contributed by atoms with Gasteiger partial charge in [-0.05, 0) is 24.3 Å².